The quantitative estimate of drug-likeness (QED) is 0.416. The third-order valence-corrected chi connectivity index (χ3v) is 3.18. The summed E-state index contributed by atoms with van der Waals surface area (Å²) >= 11 is 0. The topological polar surface area (TPSA) is 69.7 Å². The molecule has 0 aliphatic rings. The highest BCUT2D eigenvalue weighted by Gasteiger charge is 2.04. The largest absolute Gasteiger partial charge is 0.448 e. The highest BCUT2D eigenvalue weighted by Crippen LogP contribution is 2.07. The van der Waals surface area contributed by atoms with Crippen LogP contribution in [0.2, 0.25) is 0 Å². The van der Waals surface area contributed by atoms with E-state index in [1.807, 2.05) is 12.1 Å². The first-order valence-corrected chi connectivity index (χ1v) is 7.08. The number of hydrogen-bond acceptors (Lipinski definition) is 5. The summed E-state index contributed by atoms with van der Waals surface area (Å²) in [5, 5.41) is 0. The Labute approximate surface area is 113 Å². The molecule has 0 N–H and O–H groups in total. The normalized spacial score (nSPS) is 11.6. The second-order valence-electron chi connectivity index (χ2n) is 3.79. The molecule has 1 aromatic rings. The predicted molar refractivity (Wildman–Crippen MR) is 70.9 cm³/mol. The average Bonchev–Trinajstić information content (AvgIpc) is 2.43. The van der Waals surface area contributed by atoms with Crippen LogP contribution in [0.5, 0.6) is 0 Å². The summed E-state index contributed by atoms with van der Waals surface area (Å²) in [7, 11) is -2.85. The van der Waals surface area contributed by atoms with Crippen molar-refractivity contribution in [3.8, 4) is 0 Å². The minimum Gasteiger partial charge on any atom is -0.370 e. The van der Waals surface area contributed by atoms with Crippen molar-refractivity contribution >= 4 is 16.7 Å². The number of aryl methyl sites for hydroxylation is 1. The molecular formula is C13H16O5S. The second kappa shape index (κ2) is 7.70. The van der Waals surface area contributed by atoms with E-state index in [0.717, 1.165) is 38.1 Å². The molecule has 0 aliphatic heterocycles. The molecule has 0 bridgehead atoms. The maximum Gasteiger partial charge on any atom is 0.448 e. The highest BCUT2D eigenvalue weighted by molar-refractivity contribution is 7.81. The standard InChI is InChI=1S/C13H16O5S/c1-17-19(15,16)18-10-4-2-3-5-12-6-8-13(11-14)9-7-12/h4,6-11H,2-3,5H2,1H3/b10-4+. The maximum atomic E-state index is 10.8. The molecule has 0 saturated heterocycles. The van der Waals surface area contributed by atoms with Gasteiger partial charge in [-0.25, -0.2) is 4.18 Å². The molecule has 0 saturated carbocycles. The molecule has 0 unspecified atom stereocenters. The maximum absolute atomic E-state index is 10.8. The smallest absolute Gasteiger partial charge is 0.370 e. The van der Waals surface area contributed by atoms with Crippen molar-refractivity contribution in [2.75, 3.05) is 7.11 Å². The summed E-state index contributed by atoms with van der Waals surface area (Å²) in [6.45, 7) is 0. The lowest BCUT2D eigenvalue weighted by molar-refractivity contribution is 0.112. The van der Waals surface area contributed by atoms with E-state index >= 15 is 0 Å². The van der Waals surface area contributed by atoms with Gasteiger partial charge < -0.3 is 4.18 Å². The first-order valence-electron chi connectivity index (χ1n) is 5.75. The van der Waals surface area contributed by atoms with Crippen molar-refractivity contribution in [2.45, 2.75) is 19.3 Å². The van der Waals surface area contributed by atoms with Crippen molar-refractivity contribution in [1.82, 2.24) is 0 Å². The summed E-state index contributed by atoms with van der Waals surface area (Å²) in [6.07, 6.45) is 5.92. The number of carbonyl (C=O) groups excluding carboxylic acids is 1. The van der Waals surface area contributed by atoms with Gasteiger partial charge in [0.15, 0.2) is 0 Å². The van der Waals surface area contributed by atoms with Crippen LogP contribution in [-0.2, 0) is 25.2 Å². The molecule has 0 amide bonds. The Morgan fingerprint density at radius 1 is 1.21 bits per heavy atom. The van der Waals surface area contributed by atoms with Crippen LogP contribution in [0.3, 0.4) is 0 Å². The van der Waals surface area contributed by atoms with E-state index in [4.69, 9.17) is 0 Å². The van der Waals surface area contributed by atoms with Crippen molar-refractivity contribution in [2.24, 2.45) is 0 Å². The lowest BCUT2D eigenvalue weighted by atomic mass is 10.1. The van der Waals surface area contributed by atoms with Crippen molar-refractivity contribution < 1.29 is 21.6 Å². The van der Waals surface area contributed by atoms with Gasteiger partial charge in [0.1, 0.15) is 12.5 Å². The van der Waals surface area contributed by atoms with Crippen LogP contribution < -0.4 is 0 Å². The zero-order valence-corrected chi connectivity index (χ0v) is 11.4. The number of benzene rings is 1. The van der Waals surface area contributed by atoms with Gasteiger partial charge >= 0.3 is 10.4 Å². The van der Waals surface area contributed by atoms with Crippen LogP contribution >= 0.6 is 0 Å². The first kappa shape index (κ1) is 15.4. The van der Waals surface area contributed by atoms with Gasteiger partial charge in [0, 0.05) is 5.56 Å². The van der Waals surface area contributed by atoms with Gasteiger partial charge in [-0.2, -0.15) is 8.42 Å². The Balaban J connectivity index is 2.27. The van der Waals surface area contributed by atoms with Gasteiger partial charge in [0.25, 0.3) is 0 Å². The van der Waals surface area contributed by atoms with Gasteiger partial charge in [0.05, 0.1) is 7.11 Å². The molecule has 6 heteroatoms. The van der Waals surface area contributed by atoms with Crippen molar-refractivity contribution in [3.05, 3.63) is 47.7 Å². The Bertz CT molecular complexity index is 516. The second-order valence-corrected chi connectivity index (χ2v) is 5.14. The van der Waals surface area contributed by atoms with E-state index in [2.05, 4.69) is 8.37 Å². The fraction of sp³-hybridized carbons (Fsp3) is 0.308. The van der Waals surface area contributed by atoms with Gasteiger partial charge in [-0.3, -0.25) is 4.79 Å². The number of unbranched alkanes of at least 4 members (excludes halogenated alkanes) is 1. The molecule has 0 fully saturated rings. The molecular weight excluding hydrogens is 268 g/mol. The van der Waals surface area contributed by atoms with Gasteiger partial charge in [-0.05, 0) is 30.9 Å². The molecule has 0 heterocycles. The van der Waals surface area contributed by atoms with Gasteiger partial charge in [0.2, 0.25) is 0 Å². The van der Waals surface area contributed by atoms with E-state index in [1.165, 1.54) is 0 Å². The van der Waals surface area contributed by atoms with E-state index in [1.54, 1.807) is 18.2 Å². The van der Waals surface area contributed by atoms with E-state index in [-0.39, 0.29) is 0 Å². The lowest BCUT2D eigenvalue weighted by Crippen LogP contribution is -2.02. The Morgan fingerprint density at radius 2 is 1.89 bits per heavy atom. The molecule has 0 aromatic heterocycles. The summed E-state index contributed by atoms with van der Waals surface area (Å²) in [6, 6.07) is 7.34. The van der Waals surface area contributed by atoms with Crippen molar-refractivity contribution in [3.63, 3.8) is 0 Å². The molecule has 0 aliphatic carbocycles. The van der Waals surface area contributed by atoms with Crippen molar-refractivity contribution in [1.29, 1.82) is 0 Å². The number of hydrogen-bond donors (Lipinski definition) is 0. The number of allylic oxidation sites excluding steroid dienone is 1. The fourth-order valence-corrected chi connectivity index (χ4v) is 1.69. The third-order valence-electron chi connectivity index (χ3n) is 2.43. The minimum absolute atomic E-state index is 0.654. The van der Waals surface area contributed by atoms with E-state index < -0.39 is 10.4 Å². The SMILES string of the molecule is COS(=O)(=O)O/C=C/CCCc1ccc(C=O)cc1. The van der Waals surface area contributed by atoms with Crippen LogP contribution in [0.4, 0.5) is 0 Å². The molecule has 0 atom stereocenters. The van der Waals surface area contributed by atoms with Crippen LogP contribution in [0, 0.1) is 0 Å². The summed E-state index contributed by atoms with van der Waals surface area (Å²) in [5.74, 6) is 0. The summed E-state index contributed by atoms with van der Waals surface area (Å²) < 4.78 is 30.1. The van der Waals surface area contributed by atoms with Gasteiger partial charge in [-0.15, -0.1) is 0 Å². The summed E-state index contributed by atoms with van der Waals surface area (Å²) in [4.78, 5) is 10.5. The molecule has 5 nitrogen and oxygen atoms in total. The lowest BCUT2D eigenvalue weighted by Gasteiger charge is -2.00. The fourth-order valence-electron chi connectivity index (χ4n) is 1.40. The van der Waals surface area contributed by atoms with E-state index in [0.29, 0.717) is 12.0 Å². The number of carbonyl (C=O) groups is 1. The van der Waals surface area contributed by atoms with Crippen LogP contribution in [0.25, 0.3) is 0 Å². The van der Waals surface area contributed by atoms with Crippen LogP contribution in [-0.4, -0.2) is 21.8 Å². The van der Waals surface area contributed by atoms with Crippen LogP contribution in [0.1, 0.15) is 28.8 Å². The number of rotatable bonds is 8. The minimum atomic E-state index is -3.89. The zero-order chi connectivity index (χ0) is 14.1. The molecule has 0 spiro atoms. The molecule has 1 rings (SSSR count). The number of aldehydes is 1. The molecule has 19 heavy (non-hydrogen) atoms. The third kappa shape index (κ3) is 6.17. The molecule has 1 aromatic carbocycles. The molecule has 0 radical (unpaired) electrons. The van der Waals surface area contributed by atoms with Gasteiger partial charge in [-0.1, -0.05) is 24.3 Å². The highest BCUT2D eigenvalue weighted by atomic mass is 32.3. The Hall–Kier alpha value is -1.66. The zero-order valence-electron chi connectivity index (χ0n) is 10.6. The Morgan fingerprint density at radius 3 is 2.47 bits per heavy atom. The summed E-state index contributed by atoms with van der Waals surface area (Å²) in [5.41, 5.74) is 1.78. The first-order chi connectivity index (χ1) is 9.07. The van der Waals surface area contributed by atoms with Crippen LogP contribution in [0.15, 0.2) is 36.6 Å². The predicted octanol–water partition coefficient (Wildman–Crippen LogP) is 2.24. The van der Waals surface area contributed by atoms with E-state index in [9.17, 15) is 13.2 Å². The Kier molecular flexibility index (Phi) is 6.24. The molecule has 104 valence electrons. The average molecular weight is 284 g/mol. The monoisotopic (exact) mass is 284 g/mol.